The van der Waals surface area contributed by atoms with Crippen molar-refractivity contribution in [1.82, 2.24) is 25.2 Å². The van der Waals surface area contributed by atoms with Crippen molar-refractivity contribution in [2.75, 3.05) is 58.0 Å². The van der Waals surface area contributed by atoms with Crippen molar-refractivity contribution in [3.05, 3.63) is 54.0 Å². The van der Waals surface area contributed by atoms with Gasteiger partial charge in [-0.3, -0.25) is 9.88 Å². The average molecular weight is 641 g/mol. The van der Waals surface area contributed by atoms with Crippen molar-refractivity contribution in [3.8, 4) is 17.3 Å². The number of rotatable bonds is 5. The normalized spacial score (nSPS) is 22.8. The molecule has 1 unspecified atom stereocenters. The molecule has 11 heteroatoms. The highest BCUT2D eigenvalue weighted by atomic mass is 19.1. The van der Waals surface area contributed by atoms with E-state index in [1.54, 1.807) is 13.3 Å². The van der Waals surface area contributed by atoms with E-state index in [-0.39, 0.29) is 36.0 Å². The van der Waals surface area contributed by atoms with Gasteiger partial charge in [0.2, 0.25) is 0 Å². The average Bonchev–Trinajstić information content (AvgIpc) is 3.66. The molecule has 10 nitrogen and oxygen atoms in total. The summed E-state index contributed by atoms with van der Waals surface area (Å²) in [6.45, 7) is 4.21. The van der Waals surface area contributed by atoms with Crippen molar-refractivity contribution in [3.63, 3.8) is 0 Å². The number of amides is 1. The predicted octanol–water partition coefficient (Wildman–Crippen LogP) is 5.65. The molecule has 1 amide bonds. The minimum Gasteiger partial charge on any atom is -0.461 e. The van der Waals surface area contributed by atoms with Gasteiger partial charge in [-0.15, -0.1) is 0 Å². The fourth-order valence-corrected chi connectivity index (χ4v) is 8.52. The van der Waals surface area contributed by atoms with Crippen LogP contribution in [-0.4, -0.2) is 90.1 Å². The van der Waals surface area contributed by atoms with Gasteiger partial charge in [0.25, 0.3) is 0 Å². The lowest BCUT2D eigenvalue weighted by Gasteiger charge is -2.43. The molecule has 0 aliphatic carbocycles. The summed E-state index contributed by atoms with van der Waals surface area (Å²) >= 11 is 0. The third-order valence-corrected chi connectivity index (χ3v) is 10.7. The Morgan fingerprint density at radius 3 is 2.64 bits per heavy atom. The van der Waals surface area contributed by atoms with E-state index in [1.165, 1.54) is 0 Å². The number of alkyl carbamates (subject to hydrolysis) is 1. The monoisotopic (exact) mass is 640 g/mol. The summed E-state index contributed by atoms with van der Waals surface area (Å²) in [4.78, 5) is 32.2. The number of aryl methyl sites for hydroxylation is 1. The summed E-state index contributed by atoms with van der Waals surface area (Å²) in [6, 6.07) is 12.1. The van der Waals surface area contributed by atoms with Gasteiger partial charge in [-0.25, -0.2) is 9.18 Å². The molecule has 0 saturated carbocycles. The molecule has 4 aromatic rings. The molecular formula is C36H41FN6O4. The number of ether oxygens (including phenoxy) is 3. The van der Waals surface area contributed by atoms with Crippen LogP contribution < -0.4 is 15.0 Å². The lowest BCUT2D eigenvalue weighted by Crippen LogP contribution is -2.61. The molecule has 1 N–H and O–H groups in total. The first-order chi connectivity index (χ1) is 23.0. The van der Waals surface area contributed by atoms with Gasteiger partial charge in [-0.1, -0.05) is 36.4 Å². The van der Waals surface area contributed by atoms with E-state index < -0.39 is 17.4 Å². The lowest BCUT2D eigenvalue weighted by atomic mass is 9.89. The van der Waals surface area contributed by atoms with Crippen molar-refractivity contribution >= 4 is 33.6 Å². The number of nitrogens with one attached hydrogen (secondary N) is 1. The number of pyridine rings is 1. The Kier molecular flexibility index (Phi) is 7.84. The Bertz CT molecular complexity index is 1820. The second kappa shape index (κ2) is 12.2. The van der Waals surface area contributed by atoms with Gasteiger partial charge < -0.3 is 24.4 Å². The second-order valence-electron chi connectivity index (χ2n) is 13.6. The maximum Gasteiger partial charge on any atom is 0.407 e. The molecule has 0 spiro atoms. The van der Waals surface area contributed by atoms with Gasteiger partial charge in [-0.2, -0.15) is 9.97 Å². The first kappa shape index (κ1) is 30.3. The zero-order valence-corrected chi connectivity index (χ0v) is 26.9. The molecule has 246 valence electrons. The predicted molar refractivity (Wildman–Crippen MR) is 177 cm³/mol. The minimum absolute atomic E-state index is 0.0188. The molecular weight excluding hydrogens is 599 g/mol. The number of methoxy groups -OCH3 is 1. The zero-order valence-electron chi connectivity index (χ0n) is 26.9. The fraction of sp³-hybridized carbons (Fsp3) is 0.500. The van der Waals surface area contributed by atoms with E-state index in [4.69, 9.17) is 29.2 Å². The minimum atomic E-state index is -0.725. The Balaban J connectivity index is 1.30. The molecule has 6 bridgehead atoms. The van der Waals surface area contributed by atoms with Crippen LogP contribution in [0.25, 0.3) is 32.9 Å². The number of carbonyl (C=O) groups is 1. The Morgan fingerprint density at radius 2 is 1.81 bits per heavy atom. The number of aromatic nitrogens is 3. The van der Waals surface area contributed by atoms with Gasteiger partial charge in [0.1, 0.15) is 23.6 Å². The number of carbonyl (C=O) groups excluding carboxylic acids is 1. The van der Waals surface area contributed by atoms with Gasteiger partial charge >= 0.3 is 12.1 Å². The fourth-order valence-electron chi connectivity index (χ4n) is 8.52. The van der Waals surface area contributed by atoms with Gasteiger partial charge in [-0.05, 0) is 80.8 Å². The molecule has 0 radical (unpaired) electrons. The number of nitrogens with zero attached hydrogens (tertiary/aromatic N) is 5. The maximum absolute atomic E-state index is 17.0. The summed E-state index contributed by atoms with van der Waals surface area (Å²) in [5, 5.41) is 5.55. The van der Waals surface area contributed by atoms with E-state index in [2.05, 4.69) is 15.1 Å². The summed E-state index contributed by atoms with van der Waals surface area (Å²) in [7, 11) is 1.63. The summed E-state index contributed by atoms with van der Waals surface area (Å²) in [5.74, 6) is 0.0364. The quantitative estimate of drug-likeness (QED) is 0.297. The van der Waals surface area contributed by atoms with E-state index in [9.17, 15) is 4.79 Å². The summed E-state index contributed by atoms with van der Waals surface area (Å²) in [5.41, 5.74) is 1.41. The van der Waals surface area contributed by atoms with Gasteiger partial charge in [0.05, 0.1) is 29.7 Å². The van der Waals surface area contributed by atoms with Crippen molar-refractivity contribution in [2.45, 2.75) is 62.4 Å². The molecule has 3 fully saturated rings. The van der Waals surface area contributed by atoms with E-state index in [0.717, 1.165) is 61.5 Å². The third kappa shape index (κ3) is 5.43. The highest BCUT2D eigenvalue weighted by molar-refractivity contribution is 6.00. The first-order valence-electron chi connectivity index (χ1n) is 16.9. The van der Waals surface area contributed by atoms with Crippen molar-refractivity contribution in [2.24, 2.45) is 0 Å². The van der Waals surface area contributed by atoms with Gasteiger partial charge in [0, 0.05) is 32.0 Å². The van der Waals surface area contributed by atoms with E-state index in [1.807, 2.05) is 36.4 Å². The molecule has 7 heterocycles. The second-order valence-corrected chi connectivity index (χ2v) is 13.6. The Labute approximate surface area is 273 Å². The molecule has 2 aromatic carbocycles. The topological polar surface area (TPSA) is 102 Å². The Morgan fingerprint density at radius 1 is 1.00 bits per heavy atom. The highest BCUT2D eigenvalue weighted by Gasteiger charge is 2.45. The van der Waals surface area contributed by atoms with Crippen LogP contribution in [0.3, 0.4) is 0 Å². The number of hydrogen-bond acceptors (Lipinski definition) is 9. The number of piperidine rings is 1. The molecule has 1 atom stereocenters. The van der Waals surface area contributed by atoms with Crippen LogP contribution in [0, 0.1) is 5.82 Å². The van der Waals surface area contributed by atoms with E-state index in [0.29, 0.717) is 55.7 Å². The first-order valence-corrected chi connectivity index (χ1v) is 16.9. The maximum atomic E-state index is 17.0. The van der Waals surface area contributed by atoms with Crippen LogP contribution >= 0.6 is 0 Å². The van der Waals surface area contributed by atoms with Crippen LogP contribution in [0.1, 0.15) is 50.5 Å². The zero-order chi connectivity index (χ0) is 32.0. The van der Waals surface area contributed by atoms with Crippen molar-refractivity contribution < 1.29 is 23.4 Å². The largest absolute Gasteiger partial charge is 0.461 e. The van der Waals surface area contributed by atoms with Crippen LogP contribution in [-0.2, 0) is 15.9 Å². The molecule has 9 rings (SSSR count). The summed E-state index contributed by atoms with van der Waals surface area (Å²) in [6.07, 6.45) is 8.39. The standard InChI is InChI=1S/C36H41FN6O4/c1-45-22-35-13-5-16-42(21-35)32-27-20-38-30(26-12-3-10-24-8-2-9-25(28(24)26)11-4-19-46-34(44)41-35)29(37)31(27)39-33(40-32)47-23-36-14-6-17-43(36)18-7-15-36/h2-3,8-10,12,20H,4-7,11,13-19,21-23H2,1H3,(H,41,44). The van der Waals surface area contributed by atoms with Crippen LogP contribution in [0.4, 0.5) is 15.0 Å². The number of fused-ring (bicyclic) bond motifs is 7. The Hall–Kier alpha value is -4.09. The number of halogens is 1. The molecule has 5 aliphatic heterocycles. The summed E-state index contributed by atoms with van der Waals surface area (Å²) < 4.78 is 34.8. The van der Waals surface area contributed by atoms with E-state index >= 15 is 4.39 Å². The number of hydrogen-bond donors (Lipinski definition) is 1. The highest BCUT2D eigenvalue weighted by Crippen LogP contribution is 2.41. The van der Waals surface area contributed by atoms with Gasteiger partial charge in [0.15, 0.2) is 5.82 Å². The number of anilines is 1. The molecule has 47 heavy (non-hydrogen) atoms. The molecule has 5 aliphatic rings. The molecule has 2 aromatic heterocycles. The molecule has 3 saturated heterocycles. The van der Waals surface area contributed by atoms with Crippen LogP contribution in [0.15, 0.2) is 42.6 Å². The smallest absolute Gasteiger partial charge is 0.407 e. The van der Waals surface area contributed by atoms with Crippen molar-refractivity contribution in [1.29, 1.82) is 0 Å². The third-order valence-electron chi connectivity index (χ3n) is 10.7. The number of benzene rings is 2. The van der Waals surface area contributed by atoms with Crippen LogP contribution in [0.2, 0.25) is 0 Å². The SMILES string of the molecule is COCC12CCCN(C1)c1nc(OCC34CCCN3CCC4)nc3c(F)c(ncc13)-c1cccc3cccc(c13)CCCOC(=O)N2. The van der Waals surface area contributed by atoms with Crippen LogP contribution in [0.5, 0.6) is 6.01 Å². The lowest BCUT2D eigenvalue weighted by molar-refractivity contribution is 0.0804.